The summed E-state index contributed by atoms with van der Waals surface area (Å²) in [5.41, 5.74) is 0. The molecule has 0 fully saturated rings. The number of rotatable bonds is 13. The normalized spacial score (nSPS) is 7.90. The van der Waals surface area contributed by atoms with E-state index in [1.54, 1.807) is 0 Å². The molecule has 0 saturated carbocycles. The Labute approximate surface area is 244 Å². The first-order valence-electron chi connectivity index (χ1n) is 12.0. The molecule has 0 spiro atoms. The number of amides is 1. The van der Waals surface area contributed by atoms with Crippen LogP contribution >= 0.6 is 0 Å². The number of carbonyl (C=O) groups is 2. The molecule has 41 heavy (non-hydrogen) atoms. The van der Waals surface area contributed by atoms with Gasteiger partial charge in [-0.15, -0.1) is 13.2 Å². The molecule has 1 amide bonds. The lowest BCUT2D eigenvalue weighted by atomic mass is 10.2. The predicted molar refractivity (Wildman–Crippen MR) is 156 cm³/mol. The van der Waals surface area contributed by atoms with E-state index in [4.69, 9.17) is 29.9 Å². The van der Waals surface area contributed by atoms with E-state index in [-0.39, 0.29) is 60.3 Å². The van der Waals surface area contributed by atoms with Gasteiger partial charge in [-0.2, -0.15) is 0 Å². The molecule has 0 aliphatic heterocycles. The maximum Gasteiger partial charge on any atom is 0.510 e. The fourth-order valence-electron chi connectivity index (χ4n) is 2.01. The van der Waals surface area contributed by atoms with Gasteiger partial charge < -0.3 is 50.0 Å². The Morgan fingerprint density at radius 1 is 0.561 bits per heavy atom. The maximum atomic E-state index is 11.2. The van der Waals surface area contributed by atoms with E-state index in [1.165, 1.54) is 0 Å². The van der Waals surface area contributed by atoms with Gasteiger partial charge in [0.15, 0.2) is 32.3 Å². The number of aliphatic hydroxyl groups excluding tert-OH is 4. The maximum absolute atomic E-state index is 11.2. The van der Waals surface area contributed by atoms with Crippen molar-refractivity contribution in [1.82, 2.24) is 10.6 Å². The highest BCUT2D eigenvalue weighted by Gasteiger charge is 2.00. The lowest BCUT2D eigenvalue weighted by Gasteiger charge is -2.09. The van der Waals surface area contributed by atoms with Gasteiger partial charge in [0.2, 0.25) is 0 Å². The third-order valence-electron chi connectivity index (χ3n) is 3.63. The van der Waals surface area contributed by atoms with E-state index in [9.17, 15) is 9.59 Å². The SMILES string of the molecule is C.C=C.C=C(NCCCCCCNC(=O)OCC#CCO)OCC#CCO.O=C(OCC#CCO)OCC#CCO. The summed E-state index contributed by atoms with van der Waals surface area (Å²) in [6.07, 6.45) is 2.45. The van der Waals surface area contributed by atoms with Crippen molar-refractivity contribution in [1.29, 1.82) is 0 Å². The molecule has 0 rings (SSSR count). The third-order valence-corrected chi connectivity index (χ3v) is 3.63. The number of alkyl carbamates (subject to hydrolysis) is 1. The Kier molecular flexibility index (Phi) is 42.9. The van der Waals surface area contributed by atoms with Crippen LogP contribution in [-0.2, 0) is 18.9 Å². The van der Waals surface area contributed by atoms with Crippen LogP contribution in [0.25, 0.3) is 0 Å². The highest BCUT2D eigenvalue weighted by atomic mass is 16.7. The first-order valence-corrected chi connectivity index (χ1v) is 12.0. The topological polar surface area (TPSA) is 176 Å². The van der Waals surface area contributed by atoms with Crippen molar-refractivity contribution < 1.29 is 49.0 Å². The molecule has 0 aromatic rings. The van der Waals surface area contributed by atoms with E-state index >= 15 is 0 Å². The van der Waals surface area contributed by atoms with Gasteiger partial charge in [0, 0.05) is 13.1 Å². The van der Waals surface area contributed by atoms with Crippen LogP contribution in [0, 0.1) is 47.4 Å². The fraction of sp³-hybridized carbons (Fsp3) is 0.517. The van der Waals surface area contributed by atoms with Crippen molar-refractivity contribution in [3.8, 4) is 47.4 Å². The molecule has 0 heterocycles. The van der Waals surface area contributed by atoms with Crippen LogP contribution in [0.5, 0.6) is 0 Å². The summed E-state index contributed by atoms with van der Waals surface area (Å²) < 4.78 is 18.9. The molecule has 0 aromatic heterocycles. The van der Waals surface area contributed by atoms with E-state index in [1.807, 2.05) is 0 Å². The zero-order valence-corrected chi connectivity index (χ0v) is 22.8. The average Bonchev–Trinajstić information content (AvgIpc) is 2.96. The third kappa shape index (κ3) is 43.0. The molecule has 0 atom stereocenters. The summed E-state index contributed by atoms with van der Waals surface area (Å²) in [6, 6.07) is 0. The molecule has 6 N–H and O–H groups in total. The Hall–Kier alpha value is -4.30. The van der Waals surface area contributed by atoms with E-state index < -0.39 is 12.2 Å². The van der Waals surface area contributed by atoms with Crippen LogP contribution < -0.4 is 10.6 Å². The zero-order chi connectivity index (χ0) is 30.5. The summed E-state index contributed by atoms with van der Waals surface area (Å²) in [5, 5.41) is 39.0. The minimum atomic E-state index is -0.885. The average molecular weight is 581 g/mol. The van der Waals surface area contributed by atoms with E-state index in [2.05, 4.69) is 87.2 Å². The van der Waals surface area contributed by atoms with Gasteiger partial charge in [-0.25, -0.2) is 9.59 Å². The van der Waals surface area contributed by atoms with Crippen molar-refractivity contribution in [2.75, 3.05) is 65.9 Å². The van der Waals surface area contributed by atoms with Gasteiger partial charge in [0.1, 0.15) is 26.4 Å². The molecule has 0 unspecified atom stereocenters. The van der Waals surface area contributed by atoms with E-state index in [0.29, 0.717) is 12.4 Å². The molecule has 230 valence electrons. The molecular formula is C29H44N2O10. The number of aliphatic hydroxyl groups is 4. The predicted octanol–water partition coefficient (Wildman–Crippen LogP) is 0.911. The molecule has 0 saturated heterocycles. The van der Waals surface area contributed by atoms with Crippen molar-refractivity contribution >= 4 is 12.2 Å². The monoisotopic (exact) mass is 580 g/mol. The van der Waals surface area contributed by atoms with Crippen LogP contribution in [0.4, 0.5) is 9.59 Å². The van der Waals surface area contributed by atoms with Crippen LogP contribution in [0.15, 0.2) is 25.6 Å². The molecule has 12 nitrogen and oxygen atoms in total. The van der Waals surface area contributed by atoms with Crippen molar-refractivity contribution in [3.05, 3.63) is 25.6 Å². The van der Waals surface area contributed by atoms with Crippen molar-refractivity contribution in [2.45, 2.75) is 33.1 Å². The lowest BCUT2D eigenvalue weighted by Crippen LogP contribution is -2.25. The summed E-state index contributed by atoms with van der Waals surface area (Å²) >= 11 is 0. The number of carbonyl (C=O) groups excluding carboxylic acids is 2. The zero-order valence-electron chi connectivity index (χ0n) is 22.8. The molecule has 0 aromatic carbocycles. The largest absolute Gasteiger partial charge is 0.510 e. The van der Waals surface area contributed by atoms with E-state index in [0.717, 1.165) is 32.2 Å². The lowest BCUT2D eigenvalue weighted by molar-refractivity contribution is 0.0744. The Morgan fingerprint density at radius 2 is 0.927 bits per heavy atom. The highest BCUT2D eigenvalue weighted by molar-refractivity contribution is 5.67. The minimum Gasteiger partial charge on any atom is -0.467 e. The summed E-state index contributed by atoms with van der Waals surface area (Å²) in [6.45, 7) is 9.98. The van der Waals surface area contributed by atoms with Gasteiger partial charge in [0.25, 0.3) is 0 Å². The first-order chi connectivity index (χ1) is 19.5. The first kappa shape index (κ1) is 43.7. The highest BCUT2D eigenvalue weighted by Crippen LogP contribution is 1.99. The van der Waals surface area contributed by atoms with Gasteiger partial charge >= 0.3 is 12.2 Å². The summed E-state index contributed by atoms with van der Waals surface area (Å²) in [5.74, 6) is 19.8. The summed E-state index contributed by atoms with van der Waals surface area (Å²) in [7, 11) is 0. The quantitative estimate of drug-likeness (QED) is 0.0600. The molecule has 0 bridgehead atoms. The Morgan fingerprint density at radius 3 is 1.34 bits per heavy atom. The smallest absolute Gasteiger partial charge is 0.467 e. The molecule has 0 aliphatic rings. The minimum absolute atomic E-state index is 0. The van der Waals surface area contributed by atoms with Gasteiger partial charge in [0.05, 0.1) is 0 Å². The number of hydrogen-bond acceptors (Lipinski definition) is 11. The Balaban J connectivity index is -0.000000344. The van der Waals surface area contributed by atoms with Crippen LogP contribution in [-0.4, -0.2) is 98.6 Å². The molecule has 12 heteroatoms. The number of unbranched alkanes of at least 4 members (excludes halogenated alkanes) is 3. The standard InChI is InChI=1S/C17H26N2O5.C9H10O5.C2H4.CH4/c1-16(23-14-8-6-12-20)18-10-4-2-3-5-11-19-17(22)24-15-9-7-13-21;10-5-1-3-7-13-9(12)14-8-4-2-6-11;1-2;/h18,20-21H,1-5,10-15H2,(H,19,22);10-11H,5-8H2;1-2H2;1H4. The number of nitrogens with one attached hydrogen (secondary N) is 2. The Bertz CT molecular complexity index is 837. The van der Waals surface area contributed by atoms with Crippen LogP contribution in [0.1, 0.15) is 33.1 Å². The second kappa shape index (κ2) is 40.2. The second-order valence-corrected chi connectivity index (χ2v) is 6.43. The number of hydrogen-bond donors (Lipinski definition) is 6. The van der Waals surface area contributed by atoms with Gasteiger partial charge in [-0.1, -0.05) is 67.6 Å². The van der Waals surface area contributed by atoms with Crippen molar-refractivity contribution in [3.63, 3.8) is 0 Å². The second-order valence-electron chi connectivity index (χ2n) is 6.43. The number of ether oxygens (including phenoxy) is 4. The van der Waals surface area contributed by atoms with Crippen molar-refractivity contribution in [2.24, 2.45) is 0 Å². The van der Waals surface area contributed by atoms with Gasteiger partial charge in [-0.3, -0.25) is 0 Å². The van der Waals surface area contributed by atoms with Gasteiger partial charge in [-0.05, 0) is 19.4 Å². The molecule has 0 aliphatic carbocycles. The van der Waals surface area contributed by atoms with Crippen LogP contribution in [0.3, 0.4) is 0 Å². The summed E-state index contributed by atoms with van der Waals surface area (Å²) in [4.78, 5) is 21.9. The molecule has 0 radical (unpaired) electrons. The van der Waals surface area contributed by atoms with Crippen LogP contribution in [0.2, 0.25) is 0 Å². The molecular weight excluding hydrogens is 536 g/mol. The fourth-order valence-corrected chi connectivity index (χ4v) is 2.01.